The molecule has 3 atom stereocenters. The Balaban J connectivity index is 1.86. The molecule has 0 bridgehead atoms. The van der Waals surface area contributed by atoms with Gasteiger partial charge < -0.3 is 5.32 Å². The molecule has 2 aliphatic rings. The fraction of sp³-hybridized carbons (Fsp3) is 1.00. The van der Waals surface area contributed by atoms with Crippen molar-refractivity contribution in [2.24, 2.45) is 11.8 Å². The first-order valence-corrected chi connectivity index (χ1v) is 6.72. The maximum atomic E-state index is 3.58. The van der Waals surface area contributed by atoms with E-state index < -0.39 is 0 Å². The van der Waals surface area contributed by atoms with Gasteiger partial charge in [-0.25, -0.2) is 0 Å². The summed E-state index contributed by atoms with van der Waals surface area (Å²) in [6, 6.07) is 0.822. The summed E-state index contributed by atoms with van der Waals surface area (Å²) in [6.07, 6.45) is 5.60. The van der Waals surface area contributed by atoms with E-state index in [1.165, 1.54) is 51.9 Å². The summed E-state index contributed by atoms with van der Waals surface area (Å²) in [5, 5.41) is 3.58. The minimum Gasteiger partial charge on any atom is -0.315 e. The van der Waals surface area contributed by atoms with Gasteiger partial charge in [0.2, 0.25) is 0 Å². The second-order valence-corrected chi connectivity index (χ2v) is 5.59. The van der Waals surface area contributed by atoms with E-state index in [1.807, 2.05) is 0 Å². The predicted molar refractivity (Wildman–Crippen MR) is 65.0 cm³/mol. The topological polar surface area (TPSA) is 15.3 Å². The predicted octanol–water partition coefficient (Wildman–Crippen LogP) is 2.11. The number of piperidine rings is 1. The average molecular weight is 210 g/mol. The van der Waals surface area contributed by atoms with E-state index in [-0.39, 0.29) is 0 Å². The molecule has 0 aromatic rings. The maximum absolute atomic E-state index is 3.58. The van der Waals surface area contributed by atoms with Gasteiger partial charge in [0, 0.05) is 19.1 Å². The van der Waals surface area contributed by atoms with E-state index in [4.69, 9.17) is 0 Å². The molecular formula is C13H26N2. The minimum absolute atomic E-state index is 0.822. The van der Waals surface area contributed by atoms with Crippen molar-refractivity contribution in [3.05, 3.63) is 0 Å². The zero-order valence-corrected chi connectivity index (χ0v) is 10.3. The molecule has 2 rings (SSSR count). The van der Waals surface area contributed by atoms with Crippen LogP contribution in [0.2, 0.25) is 0 Å². The van der Waals surface area contributed by atoms with Crippen LogP contribution in [0.25, 0.3) is 0 Å². The van der Waals surface area contributed by atoms with E-state index >= 15 is 0 Å². The first-order chi connectivity index (χ1) is 7.27. The van der Waals surface area contributed by atoms with Crippen LogP contribution >= 0.6 is 0 Å². The molecule has 2 heterocycles. The van der Waals surface area contributed by atoms with Gasteiger partial charge in [0.25, 0.3) is 0 Å². The molecule has 0 amide bonds. The Morgan fingerprint density at radius 3 is 2.73 bits per heavy atom. The van der Waals surface area contributed by atoms with Crippen LogP contribution in [0.4, 0.5) is 0 Å². The van der Waals surface area contributed by atoms with Gasteiger partial charge in [-0.3, -0.25) is 4.90 Å². The van der Waals surface area contributed by atoms with E-state index in [0.717, 1.165) is 17.9 Å². The average Bonchev–Trinajstić information content (AvgIpc) is 2.50. The minimum atomic E-state index is 0.822. The fourth-order valence-electron chi connectivity index (χ4n) is 2.94. The molecular weight excluding hydrogens is 184 g/mol. The molecule has 0 saturated carbocycles. The first-order valence-electron chi connectivity index (χ1n) is 6.72. The smallest absolute Gasteiger partial charge is 0.0220 e. The van der Waals surface area contributed by atoms with Crippen molar-refractivity contribution in [1.29, 1.82) is 0 Å². The summed E-state index contributed by atoms with van der Waals surface area (Å²) >= 11 is 0. The monoisotopic (exact) mass is 210 g/mol. The number of likely N-dealkylation sites (tertiary alicyclic amines) is 1. The van der Waals surface area contributed by atoms with Gasteiger partial charge >= 0.3 is 0 Å². The number of hydrogen-bond acceptors (Lipinski definition) is 2. The van der Waals surface area contributed by atoms with Gasteiger partial charge in [-0.1, -0.05) is 20.3 Å². The lowest BCUT2D eigenvalue weighted by molar-refractivity contribution is 0.0925. The van der Waals surface area contributed by atoms with Crippen LogP contribution in [0.1, 0.15) is 39.5 Å². The second-order valence-electron chi connectivity index (χ2n) is 5.59. The van der Waals surface area contributed by atoms with E-state index in [2.05, 4.69) is 24.1 Å². The third kappa shape index (κ3) is 2.94. The number of hydrogen-bond donors (Lipinski definition) is 1. The molecule has 1 N–H and O–H groups in total. The van der Waals surface area contributed by atoms with Crippen LogP contribution in [-0.4, -0.2) is 37.1 Å². The SMILES string of the molecule is CC1CCN(C2CCCCNC2)CC1C. The summed E-state index contributed by atoms with van der Waals surface area (Å²) in [5.41, 5.74) is 0. The highest BCUT2D eigenvalue weighted by Gasteiger charge is 2.27. The molecule has 88 valence electrons. The molecule has 2 saturated heterocycles. The quantitative estimate of drug-likeness (QED) is 0.713. The van der Waals surface area contributed by atoms with Crippen LogP contribution in [0.5, 0.6) is 0 Å². The van der Waals surface area contributed by atoms with Gasteiger partial charge in [-0.2, -0.15) is 0 Å². The van der Waals surface area contributed by atoms with Crippen LogP contribution in [0.15, 0.2) is 0 Å². The first kappa shape index (κ1) is 11.4. The molecule has 0 aromatic heterocycles. The van der Waals surface area contributed by atoms with Gasteiger partial charge in [-0.05, 0) is 44.2 Å². The normalized spacial score (nSPS) is 40.0. The van der Waals surface area contributed by atoms with Crippen molar-refractivity contribution in [3.63, 3.8) is 0 Å². The molecule has 2 aliphatic heterocycles. The Bertz CT molecular complexity index is 185. The zero-order chi connectivity index (χ0) is 10.7. The molecule has 15 heavy (non-hydrogen) atoms. The summed E-state index contributed by atoms with van der Waals surface area (Å²) in [7, 11) is 0. The fourth-order valence-corrected chi connectivity index (χ4v) is 2.94. The van der Waals surface area contributed by atoms with E-state index in [0.29, 0.717) is 0 Å². The van der Waals surface area contributed by atoms with Crippen molar-refractivity contribution in [2.45, 2.75) is 45.6 Å². The number of nitrogens with one attached hydrogen (secondary N) is 1. The Labute approximate surface area is 94.4 Å². The van der Waals surface area contributed by atoms with Crippen molar-refractivity contribution >= 4 is 0 Å². The van der Waals surface area contributed by atoms with Gasteiger partial charge in [0.15, 0.2) is 0 Å². The summed E-state index contributed by atoms with van der Waals surface area (Å²) < 4.78 is 0. The molecule has 0 radical (unpaired) electrons. The second kappa shape index (κ2) is 5.31. The van der Waals surface area contributed by atoms with Crippen LogP contribution in [-0.2, 0) is 0 Å². The standard InChI is InChI=1S/C13H26N2/c1-11-6-8-15(10-12(11)2)13-5-3-4-7-14-9-13/h11-14H,3-10H2,1-2H3. The lowest BCUT2D eigenvalue weighted by Crippen LogP contribution is -2.47. The van der Waals surface area contributed by atoms with Crippen LogP contribution in [0, 0.1) is 11.8 Å². The number of nitrogens with zero attached hydrogens (tertiary/aromatic N) is 1. The highest BCUT2D eigenvalue weighted by Crippen LogP contribution is 2.25. The Kier molecular flexibility index (Phi) is 4.04. The zero-order valence-electron chi connectivity index (χ0n) is 10.3. The van der Waals surface area contributed by atoms with Crippen molar-refractivity contribution in [1.82, 2.24) is 10.2 Å². The summed E-state index contributed by atoms with van der Waals surface area (Å²) in [5.74, 6) is 1.82. The van der Waals surface area contributed by atoms with Crippen LogP contribution in [0.3, 0.4) is 0 Å². The molecule has 2 nitrogen and oxygen atoms in total. The molecule has 3 unspecified atom stereocenters. The third-order valence-corrected chi connectivity index (χ3v) is 4.40. The highest BCUT2D eigenvalue weighted by molar-refractivity contribution is 4.83. The lowest BCUT2D eigenvalue weighted by Gasteiger charge is -2.40. The van der Waals surface area contributed by atoms with Crippen LogP contribution < -0.4 is 5.32 Å². The molecule has 0 aromatic carbocycles. The van der Waals surface area contributed by atoms with Crippen molar-refractivity contribution < 1.29 is 0 Å². The van der Waals surface area contributed by atoms with Gasteiger partial charge in [-0.15, -0.1) is 0 Å². The summed E-state index contributed by atoms with van der Waals surface area (Å²) in [6.45, 7) is 9.94. The number of rotatable bonds is 1. The highest BCUT2D eigenvalue weighted by atomic mass is 15.2. The molecule has 2 fully saturated rings. The van der Waals surface area contributed by atoms with Crippen molar-refractivity contribution in [3.8, 4) is 0 Å². The Hall–Kier alpha value is -0.0800. The van der Waals surface area contributed by atoms with Gasteiger partial charge in [0.05, 0.1) is 0 Å². The van der Waals surface area contributed by atoms with Gasteiger partial charge in [0.1, 0.15) is 0 Å². The Morgan fingerprint density at radius 2 is 1.93 bits per heavy atom. The maximum Gasteiger partial charge on any atom is 0.0220 e. The van der Waals surface area contributed by atoms with E-state index in [1.54, 1.807) is 0 Å². The summed E-state index contributed by atoms with van der Waals surface area (Å²) in [4.78, 5) is 2.74. The third-order valence-electron chi connectivity index (χ3n) is 4.40. The Morgan fingerprint density at radius 1 is 1.07 bits per heavy atom. The van der Waals surface area contributed by atoms with E-state index in [9.17, 15) is 0 Å². The molecule has 0 aliphatic carbocycles. The molecule has 0 spiro atoms. The molecule has 2 heteroatoms. The largest absolute Gasteiger partial charge is 0.315 e. The lowest BCUT2D eigenvalue weighted by atomic mass is 9.87. The van der Waals surface area contributed by atoms with Crippen molar-refractivity contribution in [2.75, 3.05) is 26.2 Å².